The lowest BCUT2D eigenvalue weighted by atomic mass is 9.97. The maximum absolute atomic E-state index is 12.3. The van der Waals surface area contributed by atoms with Crippen LogP contribution in [0.1, 0.15) is 39.4 Å². The molecule has 116 valence electrons. The highest BCUT2D eigenvalue weighted by molar-refractivity contribution is 7.89. The van der Waals surface area contributed by atoms with Gasteiger partial charge in [-0.25, -0.2) is 13.1 Å². The van der Waals surface area contributed by atoms with Crippen molar-refractivity contribution in [1.29, 1.82) is 0 Å². The number of nitrogens with one attached hydrogen (secondary N) is 2. The molecular weight excluding hydrogens is 280 g/mol. The molecule has 3 N–H and O–H groups in total. The molecule has 1 unspecified atom stereocenters. The largest absolute Gasteiger partial charge is 0.447 e. The van der Waals surface area contributed by atoms with Crippen molar-refractivity contribution >= 4 is 10.0 Å². The van der Waals surface area contributed by atoms with Crippen LogP contribution in [0.5, 0.6) is 0 Å². The van der Waals surface area contributed by atoms with Crippen LogP contribution in [0, 0.1) is 0 Å². The number of hydrogen-bond acceptors (Lipinski definition) is 5. The number of aliphatic hydroxyl groups excluding tert-OH is 1. The third-order valence-corrected chi connectivity index (χ3v) is 4.79. The number of furan rings is 1. The van der Waals surface area contributed by atoms with E-state index in [9.17, 15) is 8.42 Å². The van der Waals surface area contributed by atoms with E-state index < -0.39 is 15.6 Å². The van der Waals surface area contributed by atoms with Crippen molar-refractivity contribution in [3.05, 3.63) is 17.9 Å². The lowest BCUT2D eigenvalue weighted by Crippen LogP contribution is -2.45. The number of rotatable bonds is 9. The smallest absolute Gasteiger partial charge is 0.274 e. The summed E-state index contributed by atoms with van der Waals surface area (Å²) in [6, 6.07) is 3.09. The van der Waals surface area contributed by atoms with Crippen LogP contribution in [0.2, 0.25) is 0 Å². The van der Waals surface area contributed by atoms with Crippen LogP contribution >= 0.6 is 0 Å². The molecule has 1 aromatic rings. The first-order chi connectivity index (χ1) is 9.37. The van der Waals surface area contributed by atoms with E-state index in [1.165, 1.54) is 6.07 Å². The Hall–Kier alpha value is -0.890. The van der Waals surface area contributed by atoms with Crippen LogP contribution in [0.4, 0.5) is 0 Å². The molecule has 1 atom stereocenters. The van der Waals surface area contributed by atoms with Gasteiger partial charge in [0.2, 0.25) is 5.09 Å². The number of hydrogen-bond donors (Lipinski definition) is 3. The first-order valence-corrected chi connectivity index (χ1v) is 8.29. The third-order valence-electron chi connectivity index (χ3n) is 3.28. The average Bonchev–Trinajstić information content (AvgIpc) is 2.85. The van der Waals surface area contributed by atoms with Gasteiger partial charge in [-0.15, -0.1) is 0 Å². The molecule has 0 aliphatic heterocycles. The first kappa shape index (κ1) is 17.2. The molecule has 0 saturated carbocycles. The SMILES string of the molecule is CCNCc1ccc(S(=O)(=O)NC(C)(CC)CCO)o1. The van der Waals surface area contributed by atoms with Crippen LogP contribution in [0.15, 0.2) is 21.6 Å². The summed E-state index contributed by atoms with van der Waals surface area (Å²) in [5, 5.41) is 12.0. The van der Waals surface area contributed by atoms with Crippen molar-refractivity contribution in [3.8, 4) is 0 Å². The maximum atomic E-state index is 12.3. The summed E-state index contributed by atoms with van der Waals surface area (Å²) in [7, 11) is -3.71. The molecule has 0 bridgehead atoms. The quantitative estimate of drug-likeness (QED) is 0.638. The maximum Gasteiger partial charge on any atom is 0.274 e. The average molecular weight is 304 g/mol. The fourth-order valence-corrected chi connectivity index (χ4v) is 3.23. The van der Waals surface area contributed by atoms with E-state index in [0.29, 0.717) is 25.1 Å². The molecule has 0 amide bonds. The third kappa shape index (κ3) is 4.59. The normalized spacial score (nSPS) is 15.2. The molecule has 0 radical (unpaired) electrons. The van der Waals surface area contributed by atoms with E-state index in [1.807, 2.05) is 13.8 Å². The van der Waals surface area contributed by atoms with E-state index in [1.54, 1.807) is 13.0 Å². The predicted molar refractivity (Wildman–Crippen MR) is 76.8 cm³/mol. The lowest BCUT2D eigenvalue weighted by molar-refractivity contribution is 0.232. The standard InChI is InChI=1S/C13H24N2O4S/c1-4-13(3,8-9-16)15-20(17,18)12-7-6-11(19-12)10-14-5-2/h6-7,14-16H,4-5,8-10H2,1-3H3. The van der Waals surface area contributed by atoms with Crippen molar-refractivity contribution in [2.75, 3.05) is 13.2 Å². The van der Waals surface area contributed by atoms with E-state index in [0.717, 1.165) is 6.54 Å². The molecule has 0 aromatic carbocycles. The Morgan fingerprint density at radius 1 is 1.35 bits per heavy atom. The second-order valence-corrected chi connectivity index (χ2v) is 6.61. The Morgan fingerprint density at radius 2 is 2.05 bits per heavy atom. The number of aliphatic hydroxyl groups is 1. The Kier molecular flexibility index (Phi) is 6.19. The second kappa shape index (κ2) is 7.21. The van der Waals surface area contributed by atoms with Crippen molar-refractivity contribution < 1.29 is 17.9 Å². The van der Waals surface area contributed by atoms with Gasteiger partial charge in [0.25, 0.3) is 10.0 Å². The van der Waals surface area contributed by atoms with Gasteiger partial charge < -0.3 is 14.8 Å². The van der Waals surface area contributed by atoms with E-state index in [4.69, 9.17) is 9.52 Å². The Balaban J connectivity index is 2.85. The van der Waals surface area contributed by atoms with Crippen molar-refractivity contribution in [1.82, 2.24) is 10.0 Å². The zero-order chi connectivity index (χ0) is 15.2. The zero-order valence-corrected chi connectivity index (χ0v) is 13.1. The molecule has 0 aliphatic rings. The van der Waals surface area contributed by atoms with E-state index in [-0.39, 0.29) is 11.7 Å². The monoisotopic (exact) mass is 304 g/mol. The molecular formula is C13H24N2O4S. The predicted octanol–water partition coefficient (Wildman–Crippen LogP) is 1.22. The van der Waals surface area contributed by atoms with Crippen LogP contribution < -0.4 is 10.0 Å². The fraction of sp³-hybridized carbons (Fsp3) is 0.692. The molecule has 1 rings (SSSR count). The van der Waals surface area contributed by atoms with Gasteiger partial charge in [-0.3, -0.25) is 0 Å². The topological polar surface area (TPSA) is 91.6 Å². The highest BCUT2D eigenvalue weighted by Gasteiger charge is 2.30. The van der Waals surface area contributed by atoms with Crippen LogP contribution in [-0.4, -0.2) is 32.2 Å². The van der Waals surface area contributed by atoms with E-state index >= 15 is 0 Å². The fourth-order valence-electron chi connectivity index (χ4n) is 1.77. The van der Waals surface area contributed by atoms with Gasteiger partial charge in [0, 0.05) is 12.1 Å². The minimum Gasteiger partial charge on any atom is -0.447 e. The van der Waals surface area contributed by atoms with Crippen molar-refractivity contribution in [2.24, 2.45) is 0 Å². The van der Waals surface area contributed by atoms with Crippen LogP contribution in [0.3, 0.4) is 0 Å². The van der Waals surface area contributed by atoms with Crippen molar-refractivity contribution in [2.45, 2.75) is 50.8 Å². The van der Waals surface area contributed by atoms with Gasteiger partial charge in [-0.1, -0.05) is 13.8 Å². The van der Waals surface area contributed by atoms with Crippen LogP contribution in [0.25, 0.3) is 0 Å². The lowest BCUT2D eigenvalue weighted by Gasteiger charge is -2.27. The molecule has 0 fully saturated rings. The summed E-state index contributed by atoms with van der Waals surface area (Å²) in [5.74, 6) is 0.576. The van der Waals surface area contributed by atoms with Gasteiger partial charge in [0.15, 0.2) is 0 Å². The van der Waals surface area contributed by atoms with E-state index in [2.05, 4.69) is 10.0 Å². The molecule has 1 heterocycles. The summed E-state index contributed by atoms with van der Waals surface area (Å²) >= 11 is 0. The second-order valence-electron chi connectivity index (χ2n) is 4.99. The summed E-state index contributed by atoms with van der Waals surface area (Å²) in [6.45, 7) is 6.81. The Labute approximate surface area is 120 Å². The highest BCUT2D eigenvalue weighted by Crippen LogP contribution is 2.20. The molecule has 0 saturated heterocycles. The Morgan fingerprint density at radius 3 is 2.60 bits per heavy atom. The Bertz CT molecular complexity index is 512. The first-order valence-electron chi connectivity index (χ1n) is 6.81. The molecule has 20 heavy (non-hydrogen) atoms. The van der Waals surface area contributed by atoms with Gasteiger partial charge in [0.05, 0.1) is 6.54 Å². The highest BCUT2D eigenvalue weighted by atomic mass is 32.2. The summed E-state index contributed by atoms with van der Waals surface area (Å²) in [6.07, 6.45) is 0.936. The molecule has 6 nitrogen and oxygen atoms in total. The summed E-state index contributed by atoms with van der Waals surface area (Å²) in [4.78, 5) is 0. The minimum absolute atomic E-state index is 0.0727. The van der Waals surface area contributed by atoms with Gasteiger partial charge in [-0.05, 0) is 38.4 Å². The van der Waals surface area contributed by atoms with Gasteiger partial charge >= 0.3 is 0 Å². The summed E-state index contributed by atoms with van der Waals surface area (Å²) in [5.41, 5.74) is -0.678. The molecule has 1 aromatic heterocycles. The molecule has 7 heteroatoms. The van der Waals surface area contributed by atoms with Gasteiger partial charge in [0.1, 0.15) is 5.76 Å². The minimum atomic E-state index is -3.71. The molecule has 0 spiro atoms. The number of sulfonamides is 1. The van der Waals surface area contributed by atoms with Gasteiger partial charge in [-0.2, -0.15) is 0 Å². The zero-order valence-electron chi connectivity index (χ0n) is 12.3. The molecule has 0 aliphatic carbocycles. The summed E-state index contributed by atoms with van der Waals surface area (Å²) < 4.78 is 32.5. The van der Waals surface area contributed by atoms with Crippen LogP contribution in [-0.2, 0) is 16.6 Å². The van der Waals surface area contributed by atoms with Crippen molar-refractivity contribution in [3.63, 3.8) is 0 Å².